The van der Waals surface area contributed by atoms with E-state index in [1.807, 2.05) is 19.0 Å². The smallest absolute Gasteiger partial charge is 0.250 e. The summed E-state index contributed by atoms with van der Waals surface area (Å²) in [6.07, 6.45) is 2.96. The summed E-state index contributed by atoms with van der Waals surface area (Å²) in [5.74, 6) is -0.414. The number of thiophene rings is 1. The average Bonchev–Trinajstić information content (AvgIpc) is 3.37. The lowest BCUT2D eigenvalue weighted by atomic mass is 10.1. The Labute approximate surface area is 203 Å². The molecule has 2 aromatic rings. The molecule has 8 nitrogen and oxygen atoms in total. The first-order valence-electron chi connectivity index (χ1n) is 11.1. The number of carbonyl (C=O) groups excluding carboxylic acids is 2. The van der Waals surface area contributed by atoms with Gasteiger partial charge in [0.25, 0.3) is 10.0 Å². The zero-order valence-corrected chi connectivity index (χ0v) is 21.2. The molecule has 0 radical (unpaired) electrons. The Bertz CT molecular complexity index is 1150. The van der Waals surface area contributed by atoms with Gasteiger partial charge in [-0.25, -0.2) is 8.42 Å². The van der Waals surface area contributed by atoms with Crippen molar-refractivity contribution in [2.75, 3.05) is 40.3 Å². The molecule has 0 unspecified atom stereocenters. The van der Waals surface area contributed by atoms with E-state index in [4.69, 9.17) is 11.6 Å². The van der Waals surface area contributed by atoms with Gasteiger partial charge in [0.15, 0.2) is 0 Å². The summed E-state index contributed by atoms with van der Waals surface area (Å²) < 4.78 is 29.5. The molecule has 33 heavy (non-hydrogen) atoms. The van der Waals surface area contributed by atoms with Crippen LogP contribution in [0.5, 0.6) is 0 Å². The minimum absolute atomic E-state index is 0.0115. The standard InChI is InChI=1S/C22H29ClN4O4S2/c1-25(2)13-17-5-3-10-27(17)20(28)14-26-9-4-6-18(22(26)29)24-33(30,31)21-12-15-11-16(23)7-8-19(15)32-21/h7-8,11-12,17-18,24H,3-6,9-10,13-14H2,1-2H3/t17-,18-/m0/s1. The first-order chi connectivity index (χ1) is 15.6. The zero-order chi connectivity index (χ0) is 23.8. The highest BCUT2D eigenvalue weighted by molar-refractivity contribution is 7.91. The van der Waals surface area contributed by atoms with Crippen LogP contribution >= 0.6 is 22.9 Å². The molecule has 1 aromatic heterocycles. The van der Waals surface area contributed by atoms with Crippen molar-refractivity contribution in [2.45, 2.75) is 42.0 Å². The summed E-state index contributed by atoms with van der Waals surface area (Å²) in [4.78, 5) is 31.4. The van der Waals surface area contributed by atoms with E-state index in [0.29, 0.717) is 31.0 Å². The Morgan fingerprint density at radius 3 is 2.73 bits per heavy atom. The molecule has 4 rings (SSSR count). The minimum atomic E-state index is -3.88. The number of hydrogen-bond donors (Lipinski definition) is 1. The molecule has 1 aromatic carbocycles. The van der Waals surface area contributed by atoms with E-state index in [9.17, 15) is 18.0 Å². The quantitative estimate of drug-likeness (QED) is 0.615. The van der Waals surface area contributed by atoms with Gasteiger partial charge in [-0.1, -0.05) is 11.6 Å². The van der Waals surface area contributed by atoms with E-state index in [1.165, 1.54) is 4.90 Å². The number of likely N-dealkylation sites (tertiary alicyclic amines) is 2. The molecule has 0 saturated carbocycles. The number of carbonyl (C=O) groups is 2. The predicted octanol–water partition coefficient (Wildman–Crippen LogP) is 2.38. The number of benzene rings is 1. The van der Waals surface area contributed by atoms with Gasteiger partial charge in [0, 0.05) is 35.4 Å². The van der Waals surface area contributed by atoms with Gasteiger partial charge in [0.1, 0.15) is 10.3 Å². The van der Waals surface area contributed by atoms with Crippen molar-refractivity contribution < 1.29 is 18.0 Å². The molecule has 0 aliphatic carbocycles. The van der Waals surface area contributed by atoms with Gasteiger partial charge in [0.2, 0.25) is 11.8 Å². The normalized spacial score (nSPS) is 22.0. The number of halogens is 1. The van der Waals surface area contributed by atoms with Gasteiger partial charge in [-0.15, -0.1) is 11.3 Å². The second-order valence-corrected chi connectivity index (χ2v) is 12.4. The highest BCUT2D eigenvalue weighted by atomic mass is 35.5. The monoisotopic (exact) mass is 512 g/mol. The fraction of sp³-hybridized carbons (Fsp3) is 0.545. The van der Waals surface area contributed by atoms with Gasteiger partial charge < -0.3 is 14.7 Å². The van der Waals surface area contributed by atoms with Crippen molar-refractivity contribution in [1.82, 2.24) is 19.4 Å². The molecule has 3 heterocycles. The fourth-order valence-electron chi connectivity index (χ4n) is 4.60. The van der Waals surface area contributed by atoms with Crippen LogP contribution in [0.2, 0.25) is 5.02 Å². The Morgan fingerprint density at radius 2 is 1.97 bits per heavy atom. The van der Waals surface area contributed by atoms with Crippen LogP contribution in [0.15, 0.2) is 28.5 Å². The number of fused-ring (bicyclic) bond motifs is 1. The minimum Gasteiger partial charge on any atom is -0.337 e. The van der Waals surface area contributed by atoms with Gasteiger partial charge in [-0.05, 0) is 69.4 Å². The summed E-state index contributed by atoms with van der Waals surface area (Å²) in [6, 6.07) is 6.06. The van der Waals surface area contributed by atoms with E-state index >= 15 is 0 Å². The van der Waals surface area contributed by atoms with Crippen molar-refractivity contribution in [3.8, 4) is 0 Å². The van der Waals surface area contributed by atoms with Gasteiger partial charge in [-0.2, -0.15) is 4.72 Å². The van der Waals surface area contributed by atoms with Crippen molar-refractivity contribution in [1.29, 1.82) is 0 Å². The molecule has 2 amide bonds. The first kappa shape index (κ1) is 24.4. The number of rotatable bonds is 7. The Kier molecular flexibility index (Phi) is 7.30. The molecule has 2 fully saturated rings. The molecule has 11 heteroatoms. The van der Waals surface area contributed by atoms with E-state index in [-0.39, 0.29) is 28.6 Å². The number of nitrogens with zero attached hydrogens (tertiary/aromatic N) is 3. The molecule has 2 saturated heterocycles. The lowest BCUT2D eigenvalue weighted by Gasteiger charge is -2.34. The third-order valence-electron chi connectivity index (χ3n) is 6.15. The lowest BCUT2D eigenvalue weighted by molar-refractivity contribution is -0.143. The van der Waals surface area contributed by atoms with E-state index < -0.39 is 16.1 Å². The molecule has 1 N–H and O–H groups in total. The highest BCUT2D eigenvalue weighted by Gasteiger charge is 2.36. The summed E-state index contributed by atoms with van der Waals surface area (Å²) >= 11 is 7.15. The van der Waals surface area contributed by atoms with Crippen molar-refractivity contribution in [3.05, 3.63) is 29.3 Å². The number of hydrogen-bond acceptors (Lipinski definition) is 6. The SMILES string of the molecule is CN(C)C[C@@H]1CCCN1C(=O)CN1CCC[C@H](NS(=O)(=O)c2cc3cc(Cl)ccc3s2)C1=O. The molecule has 0 spiro atoms. The van der Waals surface area contributed by atoms with Crippen LogP contribution in [-0.2, 0) is 19.6 Å². The average molecular weight is 513 g/mol. The number of nitrogens with one attached hydrogen (secondary N) is 1. The van der Waals surface area contributed by atoms with Crippen LogP contribution in [0.3, 0.4) is 0 Å². The van der Waals surface area contributed by atoms with Crippen molar-refractivity contribution in [2.24, 2.45) is 0 Å². The summed E-state index contributed by atoms with van der Waals surface area (Å²) in [6.45, 7) is 1.94. The van der Waals surface area contributed by atoms with Crippen LogP contribution in [0.25, 0.3) is 10.1 Å². The number of likely N-dealkylation sites (N-methyl/N-ethyl adjacent to an activating group) is 1. The maximum absolute atomic E-state index is 13.1. The number of sulfonamides is 1. The van der Waals surface area contributed by atoms with E-state index in [1.54, 1.807) is 24.3 Å². The Balaban J connectivity index is 1.43. The van der Waals surface area contributed by atoms with Gasteiger partial charge in [0.05, 0.1) is 6.54 Å². The van der Waals surface area contributed by atoms with Crippen LogP contribution in [0.1, 0.15) is 25.7 Å². The maximum atomic E-state index is 13.1. The summed E-state index contributed by atoms with van der Waals surface area (Å²) in [5, 5.41) is 1.28. The number of amides is 2. The van der Waals surface area contributed by atoms with Crippen LogP contribution < -0.4 is 4.72 Å². The third kappa shape index (κ3) is 5.51. The zero-order valence-electron chi connectivity index (χ0n) is 18.8. The van der Waals surface area contributed by atoms with Crippen LogP contribution in [0, 0.1) is 0 Å². The van der Waals surface area contributed by atoms with Crippen molar-refractivity contribution >= 4 is 54.9 Å². The topological polar surface area (TPSA) is 90.0 Å². The number of piperidine rings is 1. The lowest BCUT2D eigenvalue weighted by Crippen LogP contribution is -2.55. The summed E-state index contributed by atoms with van der Waals surface area (Å²) in [7, 11) is 0.0860. The highest BCUT2D eigenvalue weighted by Crippen LogP contribution is 2.31. The third-order valence-corrected chi connectivity index (χ3v) is 9.44. The maximum Gasteiger partial charge on any atom is 0.250 e. The van der Waals surface area contributed by atoms with Crippen molar-refractivity contribution in [3.63, 3.8) is 0 Å². The molecule has 180 valence electrons. The molecule has 2 aliphatic rings. The Morgan fingerprint density at radius 1 is 1.21 bits per heavy atom. The largest absolute Gasteiger partial charge is 0.337 e. The molecular weight excluding hydrogens is 484 g/mol. The van der Waals surface area contributed by atoms with E-state index in [2.05, 4.69) is 9.62 Å². The molecular formula is C22H29ClN4O4S2. The molecule has 2 aliphatic heterocycles. The molecule has 0 bridgehead atoms. The van der Waals surface area contributed by atoms with Gasteiger partial charge >= 0.3 is 0 Å². The summed E-state index contributed by atoms with van der Waals surface area (Å²) in [5.41, 5.74) is 0. The predicted molar refractivity (Wildman–Crippen MR) is 130 cm³/mol. The van der Waals surface area contributed by atoms with Gasteiger partial charge in [-0.3, -0.25) is 9.59 Å². The second-order valence-electron chi connectivity index (χ2n) is 8.97. The Hall–Kier alpha value is -1.72. The molecule has 2 atom stereocenters. The van der Waals surface area contributed by atoms with Crippen LogP contribution in [-0.4, -0.2) is 87.3 Å². The van der Waals surface area contributed by atoms with E-state index in [0.717, 1.165) is 40.8 Å². The first-order valence-corrected chi connectivity index (χ1v) is 13.8. The van der Waals surface area contributed by atoms with Crippen LogP contribution in [0.4, 0.5) is 0 Å². The fourth-order valence-corrected chi connectivity index (χ4v) is 7.40. The second kappa shape index (κ2) is 9.87.